The van der Waals surface area contributed by atoms with E-state index >= 15 is 0 Å². The van der Waals surface area contributed by atoms with E-state index in [4.69, 9.17) is 5.73 Å². The number of rotatable bonds is 6. The Morgan fingerprint density at radius 3 is 2.35 bits per heavy atom. The van der Waals surface area contributed by atoms with Gasteiger partial charge in [0, 0.05) is 11.5 Å². The van der Waals surface area contributed by atoms with E-state index in [0.717, 1.165) is 0 Å². The predicted octanol–water partition coefficient (Wildman–Crippen LogP) is 0.682. The molecule has 234 valence electrons. The second kappa shape index (κ2) is 10.5. The maximum absolute atomic E-state index is 13.7. The molecule has 1 aromatic carbocycles. The number of primary amides is 1. The average molecular weight is 698 g/mol. The predicted molar refractivity (Wildman–Crippen MR) is 142 cm³/mol. The van der Waals surface area contributed by atoms with Crippen LogP contribution >= 0.6 is 15.9 Å². The van der Waals surface area contributed by atoms with E-state index in [1.165, 1.54) is 19.0 Å². The number of halogens is 4. The van der Waals surface area contributed by atoms with E-state index in [1.54, 1.807) is 0 Å². The third-order valence-electron chi connectivity index (χ3n) is 7.55. The molecule has 0 aliphatic heterocycles. The monoisotopic (exact) mass is 697 g/mol. The van der Waals surface area contributed by atoms with E-state index in [9.17, 15) is 61.2 Å². The lowest BCUT2D eigenvalue weighted by molar-refractivity contribution is -0.148. The molecule has 4 atom stereocenters. The number of phenolic OH excluding ortho intramolecular Hbond substituents is 1. The van der Waals surface area contributed by atoms with Crippen LogP contribution in [0.5, 0.6) is 11.5 Å². The molecule has 3 aliphatic rings. The standard InChI is InChI=1S/C24H23BrF3N3O11S/c1-31(2)16-9-4-7-3-8-5-10(42-43(40,41)24(26,27)28)15(30-11(32)6-25)18(34)12(8)17(33)13(7)20(36)23(9,39)21(37)14(19(16)35)22(29)38/h5,7,9,16,34-36,39H,3-4,6H2,1-2H3,(H2,29,38)(H,30,32)/t7?,9?,16-,23-/m0/s1. The summed E-state index contributed by atoms with van der Waals surface area (Å²) < 4.78 is 67.1. The first-order valence-electron chi connectivity index (χ1n) is 12.1. The number of nitrogens with one attached hydrogen (secondary N) is 1. The molecule has 0 radical (unpaired) electrons. The molecular formula is C24H23BrF3N3O11S. The van der Waals surface area contributed by atoms with Gasteiger partial charge in [-0.15, -0.1) is 0 Å². The summed E-state index contributed by atoms with van der Waals surface area (Å²) in [5.74, 6) is -12.1. The highest BCUT2D eigenvalue weighted by atomic mass is 79.9. The van der Waals surface area contributed by atoms with Crippen LogP contribution in [-0.4, -0.2) is 93.7 Å². The molecule has 0 aromatic heterocycles. The van der Waals surface area contributed by atoms with Crippen molar-refractivity contribution in [3.63, 3.8) is 0 Å². The minimum absolute atomic E-state index is 0.264. The van der Waals surface area contributed by atoms with Gasteiger partial charge in [-0.25, -0.2) is 0 Å². The normalized spacial score (nSPS) is 25.7. The number of amides is 2. The third kappa shape index (κ3) is 4.83. The van der Waals surface area contributed by atoms with Gasteiger partial charge < -0.3 is 35.7 Å². The summed E-state index contributed by atoms with van der Waals surface area (Å²) in [6.45, 7) is 0. The summed E-state index contributed by atoms with van der Waals surface area (Å²) in [5, 5.41) is 46.1. The maximum Gasteiger partial charge on any atom is 0.534 e. The van der Waals surface area contributed by atoms with Crippen molar-refractivity contribution in [2.75, 3.05) is 24.7 Å². The van der Waals surface area contributed by atoms with Crippen molar-refractivity contribution in [2.24, 2.45) is 17.6 Å². The highest BCUT2D eigenvalue weighted by Gasteiger charge is 2.63. The Labute approximate surface area is 248 Å². The van der Waals surface area contributed by atoms with Crippen LogP contribution in [0.1, 0.15) is 22.3 Å². The van der Waals surface area contributed by atoms with Crippen molar-refractivity contribution >= 4 is 55.1 Å². The number of aliphatic hydroxyl groups is 3. The number of aromatic hydroxyl groups is 1. The summed E-state index contributed by atoms with van der Waals surface area (Å²) in [4.78, 5) is 52.5. The molecule has 0 heterocycles. The van der Waals surface area contributed by atoms with Crippen molar-refractivity contribution in [2.45, 2.75) is 30.0 Å². The number of hydrogen-bond acceptors (Lipinski definition) is 12. The number of Topliss-reactive ketones (excluding diaryl/α,β-unsaturated/α-hetero) is 2. The smallest absolute Gasteiger partial charge is 0.510 e. The first kappa shape index (κ1) is 32.2. The second-order valence-electron chi connectivity index (χ2n) is 10.3. The summed E-state index contributed by atoms with van der Waals surface area (Å²) in [5.41, 5.74) is -7.21. The number of carbonyl (C=O) groups is 4. The van der Waals surface area contributed by atoms with Gasteiger partial charge in [0.25, 0.3) is 5.91 Å². The van der Waals surface area contributed by atoms with Crippen LogP contribution in [0.3, 0.4) is 0 Å². The number of phenols is 1. The molecule has 1 aromatic rings. The molecular weight excluding hydrogens is 675 g/mol. The summed E-state index contributed by atoms with van der Waals surface area (Å²) in [7, 11) is -3.49. The van der Waals surface area contributed by atoms with Gasteiger partial charge in [0.15, 0.2) is 22.9 Å². The lowest BCUT2D eigenvalue weighted by Crippen LogP contribution is -2.63. The van der Waals surface area contributed by atoms with Crippen molar-refractivity contribution in [1.29, 1.82) is 0 Å². The molecule has 43 heavy (non-hydrogen) atoms. The number of allylic oxidation sites excluding steroid dienone is 1. The lowest BCUT2D eigenvalue weighted by atomic mass is 9.58. The van der Waals surface area contributed by atoms with E-state index in [1.807, 2.05) is 5.32 Å². The van der Waals surface area contributed by atoms with Gasteiger partial charge in [-0.1, -0.05) is 15.9 Å². The fraction of sp³-hybridized carbons (Fsp3) is 0.417. The number of nitrogens with two attached hydrogens (primary N) is 1. The van der Waals surface area contributed by atoms with Gasteiger partial charge in [0.2, 0.25) is 11.7 Å². The second-order valence-corrected chi connectivity index (χ2v) is 12.4. The van der Waals surface area contributed by atoms with Crippen LogP contribution in [0.4, 0.5) is 18.9 Å². The Balaban J connectivity index is 1.96. The molecule has 19 heteroatoms. The van der Waals surface area contributed by atoms with E-state index < -0.39 is 120 Å². The van der Waals surface area contributed by atoms with E-state index in [2.05, 4.69) is 20.1 Å². The number of anilines is 1. The minimum atomic E-state index is -6.33. The average Bonchev–Trinajstić information content (AvgIpc) is 2.86. The molecule has 4 rings (SSSR count). The fourth-order valence-corrected chi connectivity index (χ4v) is 6.41. The van der Waals surface area contributed by atoms with Gasteiger partial charge in [-0.05, 0) is 44.5 Å². The minimum Gasteiger partial charge on any atom is -0.510 e. The number of benzene rings is 1. The van der Waals surface area contributed by atoms with Crippen LogP contribution in [0.25, 0.3) is 0 Å². The molecule has 7 N–H and O–H groups in total. The number of aliphatic hydroxyl groups excluding tert-OH is 2. The number of likely N-dealkylation sites (N-methyl/N-ethyl adjacent to an activating group) is 1. The maximum atomic E-state index is 13.7. The van der Waals surface area contributed by atoms with Crippen LogP contribution in [0.15, 0.2) is 28.7 Å². The molecule has 0 bridgehead atoms. The highest BCUT2D eigenvalue weighted by Crippen LogP contribution is 2.54. The highest BCUT2D eigenvalue weighted by molar-refractivity contribution is 9.09. The Hall–Kier alpha value is -3.68. The van der Waals surface area contributed by atoms with Gasteiger partial charge in [0.1, 0.15) is 22.8 Å². The molecule has 3 aliphatic carbocycles. The Kier molecular flexibility index (Phi) is 7.87. The number of ketones is 2. The molecule has 0 saturated heterocycles. The van der Waals surface area contributed by atoms with Crippen molar-refractivity contribution in [3.05, 3.63) is 39.9 Å². The number of fused-ring (bicyclic) bond motifs is 3. The lowest BCUT2D eigenvalue weighted by Gasteiger charge is -2.50. The van der Waals surface area contributed by atoms with Crippen molar-refractivity contribution in [3.8, 4) is 11.5 Å². The van der Waals surface area contributed by atoms with Crippen molar-refractivity contribution < 1.29 is 65.4 Å². The Bertz CT molecular complexity index is 1660. The van der Waals surface area contributed by atoms with Gasteiger partial charge in [-0.3, -0.25) is 24.1 Å². The van der Waals surface area contributed by atoms with Crippen LogP contribution in [-0.2, 0) is 30.9 Å². The first-order valence-corrected chi connectivity index (χ1v) is 14.6. The molecule has 0 saturated carbocycles. The van der Waals surface area contributed by atoms with Gasteiger partial charge in [-0.2, -0.15) is 21.6 Å². The molecule has 2 unspecified atom stereocenters. The molecule has 0 fully saturated rings. The summed E-state index contributed by atoms with van der Waals surface area (Å²) in [6.07, 6.45) is -0.733. The van der Waals surface area contributed by atoms with E-state index in [-0.39, 0.29) is 12.0 Å². The third-order valence-corrected chi connectivity index (χ3v) is 9.02. The van der Waals surface area contributed by atoms with Gasteiger partial charge in [0.05, 0.1) is 16.9 Å². The van der Waals surface area contributed by atoms with Crippen LogP contribution in [0.2, 0.25) is 0 Å². The fourth-order valence-electron chi connectivity index (χ4n) is 5.80. The summed E-state index contributed by atoms with van der Waals surface area (Å²) in [6, 6.07) is -0.608. The van der Waals surface area contributed by atoms with Crippen LogP contribution < -0.4 is 15.2 Å². The molecule has 0 spiro atoms. The Morgan fingerprint density at radius 1 is 1.23 bits per heavy atom. The molecule has 14 nitrogen and oxygen atoms in total. The SMILES string of the molecule is CN(C)[C@@H]1C(O)=C(C(N)=O)C(=O)[C@@]2(O)C(O)=C3C(=O)c4c(cc(OS(=O)(=O)C(F)(F)F)c(NC(=O)CBr)c4O)CC3CC12. The number of carbonyl (C=O) groups excluding carboxylic acids is 4. The van der Waals surface area contributed by atoms with Crippen molar-refractivity contribution in [1.82, 2.24) is 4.90 Å². The van der Waals surface area contributed by atoms with Crippen LogP contribution in [0, 0.1) is 11.8 Å². The number of nitrogens with zero attached hydrogens (tertiary/aromatic N) is 1. The zero-order valence-electron chi connectivity index (χ0n) is 22.0. The topological polar surface area (TPSA) is 234 Å². The first-order chi connectivity index (χ1) is 19.7. The quantitative estimate of drug-likeness (QED) is 0.0792. The zero-order chi connectivity index (χ0) is 32.6. The van der Waals surface area contributed by atoms with E-state index in [0.29, 0.717) is 6.07 Å². The zero-order valence-corrected chi connectivity index (χ0v) is 24.4. The largest absolute Gasteiger partial charge is 0.534 e. The number of alkyl halides is 4. The van der Waals surface area contributed by atoms with Gasteiger partial charge >= 0.3 is 15.6 Å². The molecule has 2 amide bonds. The Morgan fingerprint density at radius 2 is 1.84 bits per heavy atom. The summed E-state index contributed by atoms with van der Waals surface area (Å²) >= 11 is 2.78. The number of hydrogen-bond donors (Lipinski definition) is 6.